The summed E-state index contributed by atoms with van der Waals surface area (Å²) < 4.78 is 11.9. The van der Waals surface area contributed by atoms with Crippen molar-refractivity contribution in [3.8, 4) is 16.9 Å². The lowest BCUT2D eigenvalue weighted by atomic mass is 9.99. The van der Waals surface area contributed by atoms with Crippen LogP contribution in [0.5, 0.6) is 5.75 Å². The van der Waals surface area contributed by atoms with Crippen LogP contribution < -0.4 is 15.8 Å². The van der Waals surface area contributed by atoms with Crippen LogP contribution in [-0.4, -0.2) is 17.0 Å². The minimum atomic E-state index is -1.18. The van der Waals surface area contributed by atoms with E-state index in [1.807, 2.05) is 42.5 Å². The van der Waals surface area contributed by atoms with Gasteiger partial charge in [-0.05, 0) is 59.9 Å². The monoisotopic (exact) mass is 470 g/mol. The fraction of sp³-hybridized carbons (Fsp3) is 0.214. The Kier molecular flexibility index (Phi) is 6.25. The molecule has 1 aromatic heterocycles. The van der Waals surface area contributed by atoms with Gasteiger partial charge in [-0.25, -0.2) is 4.79 Å². The van der Waals surface area contributed by atoms with Crippen LogP contribution in [0.15, 0.2) is 77.4 Å². The normalized spacial score (nSPS) is 14.0. The van der Waals surface area contributed by atoms with E-state index >= 15 is 0 Å². The van der Waals surface area contributed by atoms with Crippen LogP contribution in [0.25, 0.3) is 22.1 Å². The van der Waals surface area contributed by atoms with Crippen molar-refractivity contribution in [2.24, 2.45) is 11.7 Å². The largest absolute Gasteiger partial charge is 0.489 e. The number of rotatable bonds is 9. The van der Waals surface area contributed by atoms with Crippen LogP contribution in [0.1, 0.15) is 35.6 Å². The Morgan fingerprint density at radius 1 is 1.06 bits per heavy atom. The average Bonchev–Trinajstić information content (AvgIpc) is 3.63. The standard InChI is InChI=1S/C28H26N2O5/c29-15-17-4-3-5-20(12-17)23-14-18(13-21-10-11-34-26(21)23)16-35-24-7-2-1-6-22(24)25(28(32)33)30-27(31)19-8-9-19/h1-7,10-14,19,25H,8-9,15-16,29H2,(H,30,31)(H,32,33)/t25-/m0/s1. The molecule has 1 aliphatic carbocycles. The Morgan fingerprint density at radius 2 is 1.89 bits per heavy atom. The minimum absolute atomic E-state index is 0.0946. The summed E-state index contributed by atoms with van der Waals surface area (Å²) in [6.45, 7) is 0.654. The van der Waals surface area contributed by atoms with Gasteiger partial charge < -0.3 is 25.3 Å². The van der Waals surface area contributed by atoms with E-state index < -0.39 is 12.0 Å². The second-order valence-corrected chi connectivity index (χ2v) is 8.77. The summed E-state index contributed by atoms with van der Waals surface area (Å²) in [6.07, 6.45) is 3.24. The van der Waals surface area contributed by atoms with E-state index in [9.17, 15) is 14.7 Å². The first-order chi connectivity index (χ1) is 17.0. The topological polar surface area (TPSA) is 115 Å². The second-order valence-electron chi connectivity index (χ2n) is 8.77. The Labute approximate surface area is 202 Å². The molecule has 0 saturated heterocycles. The predicted molar refractivity (Wildman–Crippen MR) is 132 cm³/mol. The number of fused-ring (bicyclic) bond motifs is 1. The van der Waals surface area contributed by atoms with Crippen LogP contribution in [-0.2, 0) is 22.7 Å². The number of nitrogens with one attached hydrogen (secondary N) is 1. The van der Waals surface area contributed by atoms with E-state index in [1.54, 1.807) is 30.5 Å². The number of carbonyl (C=O) groups excluding carboxylic acids is 1. The van der Waals surface area contributed by atoms with Crippen molar-refractivity contribution >= 4 is 22.8 Å². The molecule has 1 saturated carbocycles. The molecule has 5 rings (SSSR count). The summed E-state index contributed by atoms with van der Waals surface area (Å²) in [5.74, 6) is -1.04. The smallest absolute Gasteiger partial charge is 0.331 e. The molecule has 0 spiro atoms. The summed E-state index contributed by atoms with van der Waals surface area (Å²) in [6, 6.07) is 19.6. The summed E-state index contributed by atoms with van der Waals surface area (Å²) >= 11 is 0. The number of amides is 1. The summed E-state index contributed by atoms with van der Waals surface area (Å²) in [5.41, 5.74) is 10.8. The highest BCUT2D eigenvalue weighted by atomic mass is 16.5. The van der Waals surface area contributed by atoms with E-state index in [0.29, 0.717) is 17.9 Å². The Bertz CT molecular complexity index is 1390. The maximum atomic E-state index is 12.3. The van der Waals surface area contributed by atoms with Gasteiger partial charge in [0.25, 0.3) is 0 Å². The predicted octanol–water partition coefficient (Wildman–Crippen LogP) is 4.79. The summed E-state index contributed by atoms with van der Waals surface area (Å²) in [4.78, 5) is 24.3. The molecule has 1 fully saturated rings. The van der Waals surface area contributed by atoms with E-state index in [-0.39, 0.29) is 18.4 Å². The number of ether oxygens (including phenoxy) is 1. The Balaban J connectivity index is 1.43. The van der Waals surface area contributed by atoms with Crippen LogP contribution in [0.3, 0.4) is 0 Å². The van der Waals surface area contributed by atoms with Gasteiger partial charge in [-0.2, -0.15) is 0 Å². The number of hydrogen-bond acceptors (Lipinski definition) is 5. The van der Waals surface area contributed by atoms with Crippen molar-refractivity contribution in [2.75, 3.05) is 0 Å². The molecule has 7 heteroatoms. The Morgan fingerprint density at radius 3 is 2.66 bits per heavy atom. The van der Waals surface area contributed by atoms with Crippen LogP contribution in [0.2, 0.25) is 0 Å². The first kappa shape index (κ1) is 22.7. The summed E-state index contributed by atoms with van der Waals surface area (Å²) in [5, 5.41) is 13.4. The van der Waals surface area contributed by atoms with Gasteiger partial charge in [0.2, 0.25) is 5.91 Å². The number of aliphatic carboxylic acids is 1. The van der Waals surface area contributed by atoms with Gasteiger partial charge in [-0.3, -0.25) is 4.79 Å². The van der Waals surface area contributed by atoms with E-state index in [0.717, 1.165) is 46.1 Å². The number of furan rings is 1. The maximum Gasteiger partial charge on any atom is 0.331 e. The fourth-order valence-electron chi connectivity index (χ4n) is 4.20. The number of nitrogens with two attached hydrogens (primary N) is 1. The average molecular weight is 471 g/mol. The molecule has 4 N–H and O–H groups in total. The van der Waals surface area contributed by atoms with Gasteiger partial charge in [0.15, 0.2) is 6.04 Å². The first-order valence-electron chi connectivity index (χ1n) is 11.6. The lowest BCUT2D eigenvalue weighted by Gasteiger charge is -2.19. The molecular weight excluding hydrogens is 444 g/mol. The zero-order valence-electron chi connectivity index (χ0n) is 19.1. The number of carboxylic acids is 1. The van der Waals surface area contributed by atoms with Crippen molar-refractivity contribution in [1.82, 2.24) is 5.32 Å². The molecule has 3 aromatic carbocycles. The van der Waals surface area contributed by atoms with Gasteiger partial charge in [0, 0.05) is 29.0 Å². The fourth-order valence-corrected chi connectivity index (χ4v) is 4.20. The molecule has 4 aromatic rings. The van der Waals surface area contributed by atoms with Crippen LogP contribution in [0, 0.1) is 5.92 Å². The molecular formula is C28H26N2O5. The molecule has 1 heterocycles. The van der Waals surface area contributed by atoms with Crippen molar-refractivity contribution in [3.05, 3.63) is 89.7 Å². The third-order valence-corrected chi connectivity index (χ3v) is 6.19. The zero-order valence-corrected chi connectivity index (χ0v) is 19.1. The molecule has 178 valence electrons. The molecule has 7 nitrogen and oxygen atoms in total. The second kappa shape index (κ2) is 9.64. The van der Waals surface area contributed by atoms with Crippen molar-refractivity contribution in [3.63, 3.8) is 0 Å². The molecule has 1 aliphatic rings. The third kappa shape index (κ3) is 4.90. The van der Waals surface area contributed by atoms with Crippen LogP contribution >= 0.6 is 0 Å². The highest BCUT2D eigenvalue weighted by Gasteiger charge is 2.34. The highest BCUT2D eigenvalue weighted by Crippen LogP contribution is 2.34. The third-order valence-electron chi connectivity index (χ3n) is 6.19. The van der Waals surface area contributed by atoms with E-state index in [1.165, 1.54) is 0 Å². The maximum absolute atomic E-state index is 12.3. The molecule has 0 bridgehead atoms. The Hall–Kier alpha value is -4.10. The number of carbonyl (C=O) groups is 2. The molecule has 1 amide bonds. The van der Waals surface area contributed by atoms with Crippen molar-refractivity contribution in [1.29, 1.82) is 0 Å². The SMILES string of the molecule is NCc1cccc(-c2cc(COc3ccccc3[C@H](NC(=O)C3CC3)C(=O)O)cc3ccoc23)c1. The lowest BCUT2D eigenvalue weighted by Crippen LogP contribution is -2.34. The van der Waals surface area contributed by atoms with Gasteiger partial charge in [0.05, 0.1) is 6.26 Å². The summed E-state index contributed by atoms with van der Waals surface area (Å²) in [7, 11) is 0. The number of benzene rings is 3. The van der Waals surface area contributed by atoms with Gasteiger partial charge >= 0.3 is 5.97 Å². The van der Waals surface area contributed by atoms with Crippen LogP contribution in [0.4, 0.5) is 0 Å². The first-order valence-corrected chi connectivity index (χ1v) is 11.6. The number of carboxylic acid groups (broad SMARTS) is 1. The van der Waals surface area contributed by atoms with Gasteiger partial charge in [-0.1, -0.05) is 36.4 Å². The molecule has 0 aliphatic heterocycles. The zero-order chi connectivity index (χ0) is 24.4. The van der Waals surface area contributed by atoms with Crippen molar-refractivity contribution in [2.45, 2.75) is 32.0 Å². The quantitative estimate of drug-likeness (QED) is 0.324. The molecule has 1 atom stereocenters. The van der Waals surface area contributed by atoms with E-state index in [4.69, 9.17) is 14.9 Å². The number of para-hydroxylation sites is 1. The highest BCUT2D eigenvalue weighted by molar-refractivity contribution is 5.93. The van der Waals surface area contributed by atoms with Gasteiger partial charge in [-0.15, -0.1) is 0 Å². The van der Waals surface area contributed by atoms with E-state index in [2.05, 4.69) is 5.32 Å². The number of hydrogen-bond donors (Lipinski definition) is 3. The van der Waals surface area contributed by atoms with Crippen molar-refractivity contribution < 1.29 is 23.8 Å². The molecule has 35 heavy (non-hydrogen) atoms. The van der Waals surface area contributed by atoms with Gasteiger partial charge in [0.1, 0.15) is 17.9 Å². The molecule has 0 radical (unpaired) electrons. The minimum Gasteiger partial charge on any atom is -0.489 e. The lowest BCUT2D eigenvalue weighted by molar-refractivity contribution is -0.142. The molecule has 0 unspecified atom stereocenters.